The summed E-state index contributed by atoms with van der Waals surface area (Å²) < 4.78 is 27.0. The largest absolute Gasteiger partial charge is 0.326 e. The van der Waals surface area contributed by atoms with Gasteiger partial charge in [-0.1, -0.05) is 23.2 Å². The van der Waals surface area contributed by atoms with Crippen molar-refractivity contribution in [1.82, 2.24) is 14.9 Å². The molecule has 3 N–H and O–H groups in total. The molecule has 0 bridgehead atoms. The maximum atomic E-state index is 12.3. The fourth-order valence-corrected chi connectivity index (χ4v) is 3.57. The third kappa shape index (κ3) is 3.69. The Balaban J connectivity index is 2.28. The summed E-state index contributed by atoms with van der Waals surface area (Å²) >= 11 is 12.0. The number of hydrogen-bond donors (Lipinski definition) is 2. The molecule has 0 aliphatic heterocycles. The fraction of sp³-hybridized carbons (Fsp3) is 0.167. The summed E-state index contributed by atoms with van der Waals surface area (Å²) in [5, 5.41) is 7.82. The Hall–Kier alpha value is -1.25. The van der Waals surface area contributed by atoms with Crippen molar-refractivity contribution in [3.05, 3.63) is 51.8 Å². The van der Waals surface area contributed by atoms with E-state index in [9.17, 15) is 8.42 Å². The van der Waals surface area contributed by atoms with E-state index in [2.05, 4.69) is 14.9 Å². The Morgan fingerprint density at radius 2 is 2.00 bits per heavy atom. The molecule has 0 aliphatic rings. The summed E-state index contributed by atoms with van der Waals surface area (Å²) in [5.41, 5.74) is 6.41. The lowest BCUT2D eigenvalue weighted by Gasteiger charge is -2.11. The minimum absolute atomic E-state index is 0.00703. The average molecular weight is 347 g/mol. The van der Waals surface area contributed by atoms with Crippen LogP contribution in [0.2, 0.25) is 10.0 Å². The zero-order valence-corrected chi connectivity index (χ0v) is 13.1. The van der Waals surface area contributed by atoms with Gasteiger partial charge < -0.3 is 5.73 Å². The SMILES string of the molecule is NCc1c(Cl)ccc(S(=O)(=O)NCc2cccnn2)c1Cl. The van der Waals surface area contributed by atoms with Crippen LogP contribution < -0.4 is 10.5 Å². The van der Waals surface area contributed by atoms with E-state index in [1.54, 1.807) is 12.1 Å². The second kappa shape index (κ2) is 6.67. The third-order valence-electron chi connectivity index (χ3n) is 2.72. The van der Waals surface area contributed by atoms with Gasteiger partial charge in [0.25, 0.3) is 0 Å². The molecule has 6 nitrogen and oxygen atoms in total. The predicted molar refractivity (Wildman–Crippen MR) is 80.4 cm³/mol. The Morgan fingerprint density at radius 1 is 1.24 bits per heavy atom. The minimum Gasteiger partial charge on any atom is -0.326 e. The molecule has 0 unspecified atom stereocenters. The lowest BCUT2D eigenvalue weighted by atomic mass is 10.2. The number of nitrogens with one attached hydrogen (secondary N) is 1. The van der Waals surface area contributed by atoms with Crippen LogP contribution in [0.3, 0.4) is 0 Å². The summed E-state index contributed by atoms with van der Waals surface area (Å²) in [6.45, 7) is 0.0538. The van der Waals surface area contributed by atoms with E-state index < -0.39 is 10.0 Å². The van der Waals surface area contributed by atoms with Gasteiger partial charge in [-0.25, -0.2) is 13.1 Å². The van der Waals surface area contributed by atoms with Crippen LogP contribution in [0.4, 0.5) is 0 Å². The first-order valence-corrected chi connectivity index (χ1v) is 8.13. The Bertz CT molecular complexity index is 738. The highest BCUT2D eigenvalue weighted by Gasteiger charge is 2.21. The van der Waals surface area contributed by atoms with Crippen molar-refractivity contribution in [3.63, 3.8) is 0 Å². The van der Waals surface area contributed by atoms with Crippen LogP contribution >= 0.6 is 23.2 Å². The maximum Gasteiger partial charge on any atom is 0.242 e. The molecule has 2 aromatic rings. The van der Waals surface area contributed by atoms with Crippen molar-refractivity contribution in [2.75, 3.05) is 0 Å². The number of halogens is 2. The van der Waals surface area contributed by atoms with Crippen molar-refractivity contribution < 1.29 is 8.42 Å². The lowest BCUT2D eigenvalue weighted by Crippen LogP contribution is -2.24. The van der Waals surface area contributed by atoms with Gasteiger partial charge in [0.15, 0.2) is 0 Å². The zero-order chi connectivity index (χ0) is 15.5. The van der Waals surface area contributed by atoms with Gasteiger partial charge in [-0.2, -0.15) is 10.2 Å². The zero-order valence-electron chi connectivity index (χ0n) is 10.8. The van der Waals surface area contributed by atoms with Crippen LogP contribution in [0.15, 0.2) is 35.4 Å². The van der Waals surface area contributed by atoms with E-state index in [-0.39, 0.29) is 23.0 Å². The standard InChI is InChI=1S/C12H12Cl2N4O2S/c13-10-3-4-11(12(14)9(10)6-15)21(19,20)17-7-8-2-1-5-16-18-8/h1-5,17H,6-7,15H2. The molecule has 0 saturated carbocycles. The van der Waals surface area contributed by atoms with E-state index in [1.807, 2.05) is 0 Å². The Kier molecular flexibility index (Phi) is 5.13. The molecular weight excluding hydrogens is 335 g/mol. The maximum absolute atomic E-state index is 12.3. The number of rotatable bonds is 5. The number of aromatic nitrogens is 2. The third-order valence-corrected chi connectivity index (χ3v) is 5.06. The molecule has 0 amide bonds. The summed E-state index contributed by atoms with van der Waals surface area (Å²) in [7, 11) is -3.80. The van der Waals surface area contributed by atoms with E-state index in [4.69, 9.17) is 28.9 Å². The van der Waals surface area contributed by atoms with Gasteiger partial charge in [-0.3, -0.25) is 0 Å². The van der Waals surface area contributed by atoms with Crippen LogP contribution in [-0.4, -0.2) is 18.6 Å². The van der Waals surface area contributed by atoms with Gasteiger partial charge in [0.2, 0.25) is 10.0 Å². The van der Waals surface area contributed by atoms with Crippen molar-refractivity contribution >= 4 is 33.2 Å². The van der Waals surface area contributed by atoms with Gasteiger partial charge in [-0.05, 0) is 24.3 Å². The highest BCUT2D eigenvalue weighted by Crippen LogP contribution is 2.30. The van der Waals surface area contributed by atoms with Crippen LogP contribution in [0.5, 0.6) is 0 Å². The van der Waals surface area contributed by atoms with Crippen molar-refractivity contribution in [1.29, 1.82) is 0 Å². The second-order valence-corrected chi connectivity index (χ2v) is 6.60. The van der Waals surface area contributed by atoms with E-state index >= 15 is 0 Å². The molecule has 0 spiro atoms. The molecule has 0 fully saturated rings. The highest BCUT2D eigenvalue weighted by molar-refractivity contribution is 7.89. The molecule has 0 aliphatic carbocycles. The smallest absolute Gasteiger partial charge is 0.242 e. The molecule has 112 valence electrons. The summed E-state index contributed by atoms with van der Waals surface area (Å²) in [6, 6.07) is 6.11. The number of benzene rings is 1. The van der Waals surface area contributed by atoms with Gasteiger partial charge in [0.1, 0.15) is 4.90 Å². The summed E-state index contributed by atoms with van der Waals surface area (Å²) in [5.74, 6) is 0. The normalized spacial score (nSPS) is 11.6. The highest BCUT2D eigenvalue weighted by atomic mass is 35.5. The number of nitrogens with two attached hydrogens (primary N) is 1. The van der Waals surface area contributed by atoms with E-state index in [0.717, 1.165) is 0 Å². The molecule has 1 aromatic heterocycles. The minimum atomic E-state index is -3.80. The molecule has 9 heteroatoms. The Labute approximate surface area is 132 Å². The van der Waals surface area contributed by atoms with E-state index in [0.29, 0.717) is 16.3 Å². The molecule has 1 aromatic carbocycles. The Morgan fingerprint density at radius 3 is 2.62 bits per heavy atom. The molecule has 2 rings (SSSR count). The van der Waals surface area contributed by atoms with Crippen molar-refractivity contribution in [2.45, 2.75) is 18.0 Å². The van der Waals surface area contributed by atoms with Gasteiger partial charge in [-0.15, -0.1) is 0 Å². The average Bonchev–Trinajstić information content (AvgIpc) is 2.46. The molecule has 0 atom stereocenters. The lowest BCUT2D eigenvalue weighted by molar-refractivity contribution is 0.580. The van der Waals surface area contributed by atoms with Gasteiger partial charge >= 0.3 is 0 Å². The summed E-state index contributed by atoms with van der Waals surface area (Å²) in [4.78, 5) is -0.0714. The molecular formula is C12H12Cl2N4O2S. The van der Waals surface area contributed by atoms with Crippen LogP contribution in [0.1, 0.15) is 11.3 Å². The van der Waals surface area contributed by atoms with Crippen LogP contribution in [0.25, 0.3) is 0 Å². The topological polar surface area (TPSA) is 98.0 Å². The summed E-state index contributed by atoms with van der Waals surface area (Å²) in [6.07, 6.45) is 1.50. The molecule has 0 radical (unpaired) electrons. The monoisotopic (exact) mass is 346 g/mol. The van der Waals surface area contributed by atoms with Crippen molar-refractivity contribution in [3.8, 4) is 0 Å². The van der Waals surface area contributed by atoms with Crippen LogP contribution in [-0.2, 0) is 23.1 Å². The number of nitrogens with zero attached hydrogens (tertiary/aromatic N) is 2. The first-order chi connectivity index (χ1) is 9.95. The van der Waals surface area contributed by atoms with E-state index in [1.165, 1.54) is 18.3 Å². The molecule has 0 saturated heterocycles. The first kappa shape index (κ1) is 16.1. The number of sulfonamides is 1. The fourth-order valence-electron chi connectivity index (χ4n) is 1.65. The number of hydrogen-bond acceptors (Lipinski definition) is 5. The molecule has 1 heterocycles. The quantitative estimate of drug-likeness (QED) is 0.858. The predicted octanol–water partition coefficient (Wildman–Crippen LogP) is 1.72. The van der Waals surface area contributed by atoms with Gasteiger partial charge in [0, 0.05) is 23.3 Å². The van der Waals surface area contributed by atoms with Gasteiger partial charge in [0.05, 0.1) is 17.3 Å². The van der Waals surface area contributed by atoms with Crippen LogP contribution in [0, 0.1) is 0 Å². The second-order valence-electron chi connectivity index (χ2n) is 4.08. The molecule has 21 heavy (non-hydrogen) atoms. The first-order valence-electron chi connectivity index (χ1n) is 5.89. The van der Waals surface area contributed by atoms with Crippen molar-refractivity contribution in [2.24, 2.45) is 5.73 Å².